The summed E-state index contributed by atoms with van der Waals surface area (Å²) in [6.45, 7) is 0. The van der Waals surface area contributed by atoms with Gasteiger partial charge in [-0.1, -0.05) is 6.42 Å². The van der Waals surface area contributed by atoms with Crippen LogP contribution >= 0.6 is 0 Å². The van der Waals surface area contributed by atoms with E-state index in [1.54, 1.807) is 0 Å². The number of anilines is 1. The van der Waals surface area contributed by atoms with E-state index in [1.165, 1.54) is 37.7 Å². The number of nitrogens with zero attached hydrogens (tertiary/aromatic N) is 1. The van der Waals surface area contributed by atoms with Gasteiger partial charge in [0.25, 0.3) is 0 Å². The molecule has 4 rings (SSSR count). The highest BCUT2D eigenvalue weighted by atomic mass is 16.2. The Hall–Kier alpha value is -1.52. The normalized spacial score (nSPS) is 30.4. The Morgan fingerprint density at radius 1 is 1.35 bits per heavy atom. The van der Waals surface area contributed by atoms with Crippen LogP contribution in [0.5, 0.6) is 0 Å². The third kappa shape index (κ3) is 2.19. The third-order valence-corrected chi connectivity index (χ3v) is 5.30. The molecule has 2 aliphatic carbocycles. The van der Waals surface area contributed by atoms with Gasteiger partial charge >= 0.3 is 0 Å². The monoisotopic (exact) mass is 274 g/mol. The van der Waals surface area contributed by atoms with Crippen LogP contribution in [0, 0.1) is 5.41 Å². The van der Waals surface area contributed by atoms with Crippen molar-refractivity contribution in [2.45, 2.75) is 63.5 Å². The molecule has 1 aromatic heterocycles. The van der Waals surface area contributed by atoms with Crippen LogP contribution in [0.4, 0.5) is 5.82 Å². The maximum Gasteiger partial charge on any atom is 0.242 e. The highest BCUT2D eigenvalue weighted by molar-refractivity contribution is 5.85. The Kier molecular flexibility index (Phi) is 2.75. The topological polar surface area (TPSA) is 69.8 Å². The van der Waals surface area contributed by atoms with Gasteiger partial charge in [-0.15, -0.1) is 0 Å². The van der Waals surface area contributed by atoms with Crippen molar-refractivity contribution in [2.75, 3.05) is 5.32 Å². The molecule has 1 aromatic rings. The molecule has 0 bridgehead atoms. The van der Waals surface area contributed by atoms with Crippen molar-refractivity contribution >= 4 is 11.7 Å². The van der Waals surface area contributed by atoms with Crippen LogP contribution in [0.25, 0.3) is 0 Å². The number of hydrogen-bond acceptors (Lipinski definition) is 3. The smallest absolute Gasteiger partial charge is 0.242 e. The molecule has 1 amide bonds. The van der Waals surface area contributed by atoms with Crippen LogP contribution in [0.15, 0.2) is 6.20 Å². The van der Waals surface area contributed by atoms with Crippen molar-refractivity contribution in [3.05, 3.63) is 11.8 Å². The highest BCUT2D eigenvalue weighted by Gasteiger charge is 2.46. The molecule has 2 heterocycles. The molecule has 3 N–H and O–H groups in total. The van der Waals surface area contributed by atoms with Gasteiger partial charge in [-0.25, -0.2) is 0 Å². The largest absolute Gasteiger partial charge is 0.359 e. The van der Waals surface area contributed by atoms with Gasteiger partial charge in [-0.2, -0.15) is 5.10 Å². The molecule has 0 aromatic carbocycles. The number of aromatic amines is 1. The lowest BCUT2D eigenvalue weighted by molar-refractivity contribution is -0.123. The number of H-pyrrole nitrogens is 1. The molecule has 1 aliphatic heterocycles. The summed E-state index contributed by atoms with van der Waals surface area (Å²) in [7, 11) is 0. The Bertz CT molecular complexity index is 520. The average Bonchev–Trinajstić information content (AvgIpc) is 3.03. The van der Waals surface area contributed by atoms with E-state index < -0.39 is 0 Å². The summed E-state index contributed by atoms with van der Waals surface area (Å²) in [5.41, 5.74) is 1.79. The molecule has 2 unspecified atom stereocenters. The van der Waals surface area contributed by atoms with E-state index in [4.69, 9.17) is 0 Å². The first-order valence-electron chi connectivity index (χ1n) is 7.83. The molecule has 2 atom stereocenters. The number of aryl methyl sites for hydroxylation is 1. The van der Waals surface area contributed by atoms with Crippen LogP contribution in [-0.2, 0) is 11.2 Å². The van der Waals surface area contributed by atoms with Crippen LogP contribution in [-0.4, -0.2) is 28.2 Å². The highest BCUT2D eigenvalue weighted by Crippen LogP contribution is 2.56. The number of carbonyl (C=O) groups excluding carboxylic acids is 1. The lowest BCUT2D eigenvalue weighted by atomic mass is 9.83. The van der Waals surface area contributed by atoms with Gasteiger partial charge in [-0.05, 0) is 50.4 Å². The van der Waals surface area contributed by atoms with Gasteiger partial charge in [0.05, 0.1) is 6.20 Å². The van der Waals surface area contributed by atoms with Crippen molar-refractivity contribution in [3.8, 4) is 0 Å². The summed E-state index contributed by atoms with van der Waals surface area (Å²) in [4.78, 5) is 12.4. The maximum absolute atomic E-state index is 12.4. The van der Waals surface area contributed by atoms with Gasteiger partial charge in [0.2, 0.25) is 5.91 Å². The predicted octanol–water partition coefficient (Wildman–Crippen LogP) is 1.98. The molecule has 0 saturated heterocycles. The first-order valence-corrected chi connectivity index (χ1v) is 7.83. The minimum Gasteiger partial charge on any atom is -0.359 e. The molecule has 1 spiro atoms. The van der Waals surface area contributed by atoms with Gasteiger partial charge in [0.1, 0.15) is 11.9 Å². The maximum atomic E-state index is 12.4. The second kappa shape index (κ2) is 4.50. The lowest BCUT2D eigenvalue weighted by Gasteiger charge is -2.32. The number of hydrogen-bond donors (Lipinski definition) is 3. The summed E-state index contributed by atoms with van der Waals surface area (Å²) < 4.78 is 0. The zero-order valence-corrected chi connectivity index (χ0v) is 11.7. The molecule has 0 radical (unpaired) electrons. The predicted molar refractivity (Wildman–Crippen MR) is 76.4 cm³/mol. The molecule has 5 heteroatoms. The summed E-state index contributed by atoms with van der Waals surface area (Å²) in [6.07, 6.45) is 11.4. The fourth-order valence-electron chi connectivity index (χ4n) is 3.87. The zero-order valence-electron chi connectivity index (χ0n) is 11.7. The van der Waals surface area contributed by atoms with E-state index in [0.717, 1.165) is 25.1 Å². The van der Waals surface area contributed by atoms with Gasteiger partial charge in [0, 0.05) is 11.6 Å². The number of aromatic nitrogens is 2. The quantitative estimate of drug-likeness (QED) is 0.772. The minimum absolute atomic E-state index is 0.111. The Balaban J connectivity index is 1.36. The zero-order chi connectivity index (χ0) is 13.6. The molecule has 2 fully saturated rings. The van der Waals surface area contributed by atoms with Crippen LogP contribution in [0.1, 0.15) is 50.5 Å². The fraction of sp³-hybridized carbons (Fsp3) is 0.733. The van der Waals surface area contributed by atoms with Gasteiger partial charge in [0.15, 0.2) is 0 Å². The minimum atomic E-state index is -0.111. The van der Waals surface area contributed by atoms with Crippen molar-refractivity contribution in [1.29, 1.82) is 0 Å². The lowest BCUT2D eigenvalue weighted by Crippen LogP contribution is -2.47. The van der Waals surface area contributed by atoms with E-state index in [1.807, 2.05) is 6.20 Å². The first kappa shape index (κ1) is 12.2. The van der Waals surface area contributed by atoms with Crippen LogP contribution in [0.3, 0.4) is 0 Å². The Morgan fingerprint density at radius 3 is 3.10 bits per heavy atom. The molecular weight excluding hydrogens is 252 g/mol. The number of carbonyl (C=O) groups is 1. The summed E-state index contributed by atoms with van der Waals surface area (Å²) >= 11 is 0. The van der Waals surface area contributed by atoms with Crippen molar-refractivity contribution in [2.24, 2.45) is 5.41 Å². The summed E-state index contributed by atoms with van der Waals surface area (Å²) in [6, 6.07) is 0.281. The Labute approximate surface area is 118 Å². The summed E-state index contributed by atoms with van der Waals surface area (Å²) in [5, 5.41) is 13.5. The Morgan fingerprint density at radius 2 is 2.25 bits per heavy atom. The number of rotatable bonds is 2. The second-order valence-corrected chi connectivity index (χ2v) is 6.81. The number of nitrogens with one attached hydrogen (secondary N) is 3. The molecule has 20 heavy (non-hydrogen) atoms. The molecular formula is C15H22N4O. The van der Waals surface area contributed by atoms with E-state index in [-0.39, 0.29) is 11.9 Å². The fourth-order valence-corrected chi connectivity index (χ4v) is 3.87. The van der Waals surface area contributed by atoms with Crippen molar-refractivity contribution in [3.63, 3.8) is 0 Å². The van der Waals surface area contributed by atoms with Crippen molar-refractivity contribution < 1.29 is 4.79 Å². The molecule has 5 nitrogen and oxygen atoms in total. The van der Waals surface area contributed by atoms with E-state index in [2.05, 4.69) is 20.8 Å². The number of fused-ring (bicyclic) bond motifs is 1. The van der Waals surface area contributed by atoms with Crippen LogP contribution < -0.4 is 10.6 Å². The first-order chi connectivity index (χ1) is 9.74. The molecule has 2 saturated carbocycles. The summed E-state index contributed by atoms with van der Waals surface area (Å²) in [5.74, 6) is 1.08. The number of amides is 1. The van der Waals surface area contributed by atoms with E-state index in [9.17, 15) is 4.79 Å². The third-order valence-electron chi connectivity index (χ3n) is 5.30. The van der Waals surface area contributed by atoms with Crippen molar-refractivity contribution in [1.82, 2.24) is 15.5 Å². The van der Waals surface area contributed by atoms with Gasteiger partial charge in [-0.3, -0.25) is 9.89 Å². The average molecular weight is 274 g/mol. The second-order valence-electron chi connectivity index (χ2n) is 6.81. The molecule has 3 aliphatic rings. The SMILES string of the molecule is O=C(NC1CCCC2(CC2)C1)C1CCc2cn[nH]c2N1. The van der Waals surface area contributed by atoms with E-state index in [0.29, 0.717) is 11.5 Å². The van der Waals surface area contributed by atoms with Crippen LogP contribution in [0.2, 0.25) is 0 Å². The standard InChI is InChI=1S/C15H22N4O/c20-14(12-4-3-10-9-16-19-13(10)18-12)17-11-2-1-5-15(8-11)6-7-15/h9,11-12H,1-8H2,(H,17,20)(H2,16,18,19). The molecule has 108 valence electrons. The van der Waals surface area contributed by atoms with Gasteiger partial charge < -0.3 is 10.6 Å². The van der Waals surface area contributed by atoms with E-state index >= 15 is 0 Å².